The number of halogens is 1. The Balaban J connectivity index is 1.68. The normalized spacial score (nSPS) is 21.8. The van der Waals surface area contributed by atoms with Crippen molar-refractivity contribution in [2.75, 3.05) is 26.7 Å². The van der Waals surface area contributed by atoms with Gasteiger partial charge in [-0.05, 0) is 94.6 Å². The van der Waals surface area contributed by atoms with Crippen molar-refractivity contribution >= 4 is 12.2 Å². The predicted molar refractivity (Wildman–Crippen MR) is 153 cm³/mol. The van der Waals surface area contributed by atoms with Gasteiger partial charge in [-0.1, -0.05) is 48.9 Å². The van der Waals surface area contributed by atoms with Crippen LogP contribution in [0.4, 0.5) is 14.0 Å². The van der Waals surface area contributed by atoms with Gasteiger partial charge >= 0.3 is 12.2 Å². The van der Waals surface area contributed by atoms with Crippen LogP contribution in [-0.4, -0.2) is 55.5 Å². The largest absolute Gasteiger partial charge is 0.453 e. The van der Waals surface area contributed by atoms with E-state index in [0.29, 0.717) is 6.54 Å². The van der Waals surface area contributed by atoms with Crippen LogP contribution in [0.15, 0.2) is 54.6 Å². The Morgan fingerprint density at radius 3 is 2.35 bits per heavy atom. The lowest BCUT2D eigenvalue weighted by Gasteiger charge is -2.50. The van der Waals surface area contributed by atoms with Crippen LogP contribution in [0.25, 0.3) is 0 Å². The zero-order chi connectivity index (χ0) is 28.8. The third-order valence-corrected chi connectivity index (χ3v) is 8.52. The highest BCUT2D eigenvalue weighted by molar-refractivity contribution is 5.68. The van der Waals surface area contributed by atoms with Crippen molar-refractivity contribution in [1.82, 2.24) is 15.5 Å². The van der Waals surface area contributed by atoms with E-state index in [2.05, 4.69) is 39.8 Å². The lowest BCUT2D eigenvalue weighted by atomic mass is 9.58. The molecule has 0 bridgehead atoms. The fourth-order valence-electron chi connectivity index (χ4n) is 6.85. The van der Waals surface area contributed by atoms with E-state index in [1.165, 1.54) is 18.7 Å². The molecule has 1 aliphatic heterocycles. The molecule has 8 heteroatoms. The Hall–Kier alpha value is -3.13. The van der Waals surface area contributed by atoms with E-state index in [9.17, 15) is 14.0 Å². The first-order valence-electron chi connectivity index (χ1n) is 14.4. The molecule has 1 heterocycles. The van der Waals surface area contributed by atoms with Gasteiger partial charge in [-0.25, -0.2) is 14.0 Å². The number of carbonyl (C=O) groups is 2. The molecule has 2 N–H and O–H groups in total. The van der Waals surface area contributed by atoms with Crippen LogP contribution in [0.1, 0.15) is 64.0 Å². The minimum absolute atomic E-state index is 0.0194. The second-order valence-electron chi connectivity index (χ2n) is 12.2. The van der Waals surface area contributed by atoms with Crippen molar-refractivity contribution < 1.29 is 23.5 Å². The Bertz CT molecular complexity index is 1130. The fourth-order valence-corrected chi connectivity index (χ4v) is 6.85. The molecule has 0 aromatic heterocycles. The lowest BCUT2D eigenvalue weighted by Crippen LogP contribution is -2.58. The van der Waals surface area contributed by atoms with Gasteiger partial charge in [-0.15, -0.1) is 0 Å². The van der Waals surface area contributed by atoms with Crippen molar-refractivity contribution in [3.8, 4) is 0 Å². The second-order valence-corrected chi connectivity index (χ2v) is 12.2. The molecule has 2 aromatic rings. The molecule has 2 aliphatic rings. The summed E-state index contributed by atoms with van der Waals surface area (Å²) in [4.78, 5) is 27.8. The number of rotatable bonds is 8. The van der Waals surface area contributed by atoms with Crippen LogP contribution in [0.3, 0.4) is 0 Å². The van der Waals surface area contributed by atoms with Crippen LogP contribution in [0.5, 0.6) is 0 Å². The number of carbonyl (C=O) groups excluding carboxylic acids is 2. The van der Waals surface area contributed by atoms with Crippen LogP contribution < -0.4 is 10.6 Å². The molecule has 0 spiro atoms. The number of likely N-dealkylation sites (tertiary alicyclic amines) is 1. The summed E-state index contributed by atoms with van der Waals surface area (Å²) in [6.07, 6.45) is 3.40. The summed E-state index contributed by atoms with van der Waals surface area (Å²) in [6.45, 7) is 8.47. The van der Waals surface area contributed by atoms with Gasteiger partial charge in [-0.3, -0.25) is 4.90 Å². The van der Waals surface area contributed by atoms with E-state index in [1.807, 2.05) is 32.9 Å². The van der Waals surface area contributed by atoms with Gasteiger partial charge in [0, 0.05) is 24.5 Å². The van der Waals surface area contributed by atoms with Crippen LogP contribution in [0, 0.1) is 17.7 Å². The van der Waals surface area contributed by atoms with Gasteiger partial charge in [0.25, 0.3) is 0 Å². The fraction of sp³-hybridized carbons (Fsp3) is 0.562. The van der Waals surface area contributed by atoms with Gasteiger partial charge in [0.05, 0.1) is 7.11 Å². The summed E-state index contributed by atoms with van der Waals surface area (Å²) < 4.78 is 25.4. The molecular weight excluding hydrogens is 509 g/mol. The second kappa shape index (κ2) is 13.0. The summed E-state index contributed by atoms with van der Waals surface area (Å²) in [5, 5.41) is 6.14. The molecule has 2 amide bonds. The smallest absolute Gasteiger partial charge is 0.407 e. The van der Waals surface area contributed by atoms with Crippen molar-refractivity contribution in [2.24, 2.45) is 11.8 Å². The number of nitrogens with one attached hydrogen (secondary N) is 2. The Kier molecular flexibility index (Phi) is 9.72. The monoisotopic (exact) mass is 553 g/mol. The number of alkyl carbamates (subject to hydrolysis) is 2. The van der Waals surface area contributed by atoms with E-state index in [0.717, 1.165) is 57.3 Å². The summed E-state index contributed by atoms with van der Waals surface area (Å²) in [7, 11) is 1.37. The van der Waals surface area contributed by atoms with Crippen molar-refractivity contribution in [3.05, 3.63) is 71.5 Å². The number of amides is 2. The maximum atomic E-state index is 14.8. The first-order valence-corrected chi connectivity index (χ1v) is 14.4. The van der Waals surface area contributed by atoms with E-state index >= 15 is 0 Å². The molecule has 0 radical (unpaired) electrons. The van der Waals surface area contributed by atoms with Crippen molar-refractivity contribution in [1.29, 1.82) is 0 Å². The Labute approximate surface area is 237 Å². The van der Waals surface area contributed by atoms with Crippen LogP contribution in [0.2, 0.25) is 0 Å². The molecular formula is C32H44FN3O4. The van der Waals surface area contributed by atoms with Gasteiger partial charge in [-0.2, -0.15) is 0 Å². The molecule has 1 saturated carbocycles. The molecule has 2 aromatic carbocycles. The molecule has 7 nitrogen and oxygen atoms in total. The average Bonchev–Trinajstić information content (AvgIpc) is 3.38. The number of hydrogen-bond donors (Lipinski definition) is 2. The molecule has 3 atom stereocenters. The minimum atomic E-state index is -0.642. The number of methoxy groups -OCH3 is 1. The summed E-state index contributed by atoms with van der Waals surface area (Å²) in [5.41, 5.74) is 0.882. The molecule has 40 heavy (non-hydrogen) atoms. The molecule has 4 rings (SSSR count). The van der Waals surface area contributed by atoms with Gasteiger partial charge < -0.3 is 20.1 Å². The topological polar surface area (TPSA) is 79.9 Å². The third-order valence-electron chi connectivity index (χ3n) is 8.52. The zero-order valence-corrected chi connectivity index (χ0v) is 24.3. The van der Waals surface area contributed by atoms with Crippen LogP contribution in [-0.2, 0) is 21.4 Å². The number of ether oxygens (including phenoxy) is 2. The van der Waals surface area contributed by atoms with Crippen LogP contribution >= 0.6 is 0 Å². The summed E-state index contributed by atoms with van der Waals surface area (Å²) >= 11 is 0. The number of nitrogens with zero attached hydrogens (tertiary/aromatic N) is 1. The Morgan fingerprint density at radius 1 is 0.975 bits per heavy atom. The lowest BCUT2D eigenvalue weighted by molar-refractivity contribution is 0.0411. The number of hydrogen-bond acceptors (Lipinski definition) is 5. The molecule has 1 aliphatic carbocycles. The maximum absolute atomic E-state index is 14.8. The molecule has 2 fully saturated rings. The Morgan fingerprint density at radius 2 is 1.70 bits per heavy atom. The molecule has 0 unspecified atom stereocenters. The standard InChI is InChI=1S/C32H44FN3O4/c1-31(2,3)40-29(37)34-22-32(25-12-8-13-26(33)20-25,27-14-9-15-28(27)35-30(38)39-4)24-16-18-36(19-17-24)21-23-10-6-5-7-11-23/h5-8,10-13,20,24,27-28H,9,14-19,21-22H2,1-4H3,(H,34,37)(H,35,38)/t27-,28-,32-/m0/s1. The number of piperidine rings is 1. The first kappa shape index (κ1) is 29.8. The highest BCUT2D eigenvalue weighted by Crippen LogP contribution is 2.50. The van der Waals surface area contributed by atoms with E-state index in [1.54, 1.807) is 12.1 Å². The number of benzene rings is 2. The van der Waals surface area contributed by atoms with E-state index in [-0.39, 0.29) is 23.7 Å². The van der Waals surface area contributed by atoms with E-state index in [4.69, 9.17) is 9.47 Å². The van der Waals surface area contributed by atoms with Gasteiger partial charge in [0.15, 0.2) is 0 Å². The SMILES string of the molecule is COC(=O)N[C@H]1CCC[C@@H]1[C@](CNC(=O)OC(C)(C)C)(c1cccc(F)c1)C1CCN(Cc2ccccc2)CC1. The highest BCUT2D eigenvalue weighted by Gasteiger charge is 2.52. The maximum Gasteiger partial charge on any atom is 0.407 e. The van der Waals surface area contributed by atoms with Crippen molar-refractivity contribution in [2.45, 2.75) is 76.5 Å². The predicted octanol–water partition coefficient (Wildman–Crippen LogP) is 6.03. The molecule has 218 valence electrons. The van der Waals surface area contributed by atoms with E-state index < -0.39 is 23.2 Å². The first-order chi connectivity index (χ1) is 19.1. The van der Waals surface area contributed by atoms with Crippen molar-refractivity contribution in [3.63, 3.8) is 0 Å². The highest BCUT2D eigenvalue weighted by atomic mass is 19.1. The quantitative estimate of drug-likeness (QED) is 0.418. The van der Waals surface area contributed by atoms with Gasteiger partial charge in [0.1, 0.15) is 11.4 Å². The minimum Gasteiger partial charge on any atom is -0.453 e. The third kappa shape index (κ3) is 7.33. The van der Waals surface area contributed by atoms with Gasteiger partial charge in [0.2, 0.25) is 0 Å². The zero-order valence-electron chi connectivity index (χ0n) is 24.3. The average molecular weight is 554 g/mol. The summed E-state index contributed by atoms with van der Waals surface area (Å²) in [6, 6.07) is 17.1. The molecule has 1 saturated heterocycles. The summed E-state index contributed by atoms with van der Waals surface area (Å²) in [5.74, 6) is -0.175.